The first-order valence-corrected chi connectivity index (χ1v) is 5.07. The van der Waals surface area contributed by atoms with Gasteiger partial charge in [0.25, 0.3) is 0 Å². The molecule has 1 aromatic rings. The minimum atomic E-state index is -1.22. The van der Waals surface area contributed by atoms with E-state index in [9.17, 15) is 4.79 Å². The average Bonchev–Trinajstić information content (AvgIpc) is 2.63. The van der Waals surface area contributed by atoms with E-state index in [4.69, 9.17) is 9.94 Å². The summed E-state index contributed by atoms with van der Waals surface area (Å²) in [5.41, 5.74) is 1.53. The highest BCUT2D eigenvalue weighted by atomic mass is 16.7. The van der Waals surface area contributed by atoms with Gasteiger partial charge in [0.05, 0.1) is 5.71 Å². The third-order valence-electron chi connectivity index (χ3n) is 2.70. The molecule has 4 heteroatoms. The molecule has 0 radical (unpaired) electrons. The molecule has 0 aromatic heterocycles. The smallest absolute Gasteiger partial charge is 0.351 e. The van der Waals surface area contributed by atoms with Crippen LogP contribution < -0.4 is 0 Å². The second-order valence-corrected chi connectivity index (χ2v) is 4.21. The van der Waals surface area contributed by atoms with Gasteiger partial charge in [-0.3, -0.25) is 0 Å². The zero-order chi connectivity index (χ0) is 11.8. The first-order chi connectivity index (χ1) is 7.51. The van der Waals surface area contributed by atoms with Crippen molar-refractivity contribution in [3.63, 3.8) is 0 Å². The van der Waals surface area contributed by atoms with Gasteiger partial charge in [0.1, 0.15) is 0 Å². The molecule has 0 saturated heterocycles. The fourth-order valence-electron chi connectivity index (χ4n) is 1.56. The van der Waals surface area contributed by atoms with Gasteiger partial charge in [-0.25, -0.2) is 4.79 Å². The van der Waals surface area contributed by atoms with Crippen LogP contribution in [-0.2, 0) is 9.63 Å². The maximum Gasteiger partial charge on any atom is 0.351 e. The molecule has 1 aliphatic rings. The largest absolute Gasteiger partial charge is 0.478 e. The van der Waals surface area contributed by atoms with Crippen LogP contribution in [0.2, 0.25) is 0 Å². The highest BCUT2D eigenvalue weighted by Gasteiger charge is 2.42. The normalized spacial score (nSPS) is 23.8. The number of benzene rings is 1. The third-order valence-corrected chi connectivity index (χ3v) is 2.70. The van der Waals surface area contributed by atoms with E-state index in [-0.39, 0.29) is 0 Å². The summed E-state index contributed by atoms with van der Waals surface area (Å²) < 4.78 is 0. The molecule has 16 heavy (non-hydrogen) atoms. The van der Waals surface area contributed by atoms with Crippen LogP contribution in [0.1, 0.15) is 24.5 Å². The van der Waals surface area contributed by atoms with E-state index >= 15 is 0 Å². The zero-order valence-electron chi connectivity index (χ0n) is 9.23. The summed E-state index contributed by atoms with van der Waals surface area (Å²) in [5, 5.41) is 12.8. The molecule has 1 N–H and O–H groups in total. The van der Waals surface area contributed by atoms with Gasteiger partial charge in [0.15, 0.2) is 0 Å². The average molecular weight is 219 g/mol. The van der Waals surface area contributed by atoms with Gasteiger partial charge in [0.2, 0.25) is 5.60 Å². The Morgan fingerprint density at radius 2 is 2.06 bits per heavy atom. The molecule has 0 bridgehead atoms. The van der Waals surface area contributed by atoms with E-state index in [1.807, 2.05) is 31.2 Å². The number of aryl methyl sites for hydroxylation is 1. The van der Waals surface area contributed by atoms with E-state index in [1.54, 1.807) is 0 Å². The molecule has 84 valence electrons. The van der Waals surface area contributed by atoms with Crippen molar-refractivity contribution in [2.75, 3.05) is 0 Å². The summed E-state index contributed by atoms with van der Waals surface area (Å²) in [7, 11) is 0. The number of carbonyl (C=O) groups is 1. The predicted octanol–water partition coefficient (Wildman–Crippen LogP) is 1.96. The van der Waals surface area contributed by atoms with Gasteiger partial charge in [0, 0.05) is 6.42 Å². The summed E-state index contributed by atoms with van der Waals surface area (Å²) in [5.74, 6) is -0.988. The number of oxime groups is 1. The molecule has 1 aliphatic heterocycles. The second-order valence-electron chi connectivity index (χ2n) is 4.21. The Hall–Kier alpha value is -1.84. The van der Waals surface area contributed by atoms with E-state index in [0.29, 0.717) is 12.1 Å². The number of carboxylic acid groups (broad SMARTS) is 1. The second kappa shape index (κ2) is 3.63. The van der Waals surface area contributed by atoms with Crippen LogP contribution in [0.3, 0.4) is 0 Å². The van der Waals surface area contributed by atoms with Crippen molar-refractivity contribution in [1.82, 2.24) is 0 Å². The summed E-state index contributed by atoms with van der Waals surface area (Å²) >= 11 is 0. The van der Waals surface area contributed by atoms with Gasteiger partial charge >= 0.3 is 5.97 Å². The lowest BCUT2D eigenvalue weighted by molar-refractivity contribution is -0.160. The molecule has 1 aromatic carbocycles. The lowest BCUT2D eigenvalue weighted by Crippen LogP contribution is -2.35. The lowest BCUT2D eigenvalue weighted by atomic mass is 9.96. The van der Waals surface area contributed by atoms with Gasteiger partial charge in [-0.05, 0) is 19.4 Å². The molecule has 0 aliphatic carbocycles. The van der Waals surface area contributed by atoms with Gasteiger partial charge in [-0.2, -0.15) is 0 Å². The lowest BCUT2D eigenvalue weighted by Gasteiger charge is -2.14. The van der Waals surface area contributed by atoms with Crippen molar-refractivity contribution >= 4 is 11.7 Å². The van der Waals surface area contributed by atoms with Crippen molar-refractivity contribution in [1.29, 1.82) is 0 Å². The highest BCUT2D eigenvalue weighted by molar-refractivity contribution is 6.04. The van der Waals surface area contributed by atoms with Gasteiger partial charge in [-0.15, -0.1) is 0 Å². The van der Waals surface area contributed by atoms with Crippen LogP contribution in [0.15, 0.2) is 29.4 Å². The first kappa shape index (κ1) is 10.7. The molecular weight excluding hydrogens is 206 g/mol. The molecule has 0 unspecified atom stereocenters. The SMILES string of the molecule is Cc1ccc(C2=NO[C@](C)(C(=O)O)C2)cc1. The fourth-order valence-corrected chi connectivity index (χ4v) is 1.56. The Morgan fingerprint density at radius 3 is 2.56 bits per heavy atom. The minimum absolute atomic E-state index is 0.297. The molecular formula is C12H13NO3. The number of carboxylic acids is 1. The van der Waals surface area contributed by atoms with Crippen LogP contribution >= 0.6 is 0 Å². The van der Waals surface area contributed by atoms with Crippen molar-refractivity contribution in [2.24, 2.45) is 5.16 Å². The monoisotopic (exact) mass is 219 g/mol. The van der Waals surface area contributed by atoms with E-state index in [0.717, 1.165) is 11.1 Å². The third kappa shape index (κ3) is 1.78. The van der Waals surface area contributed by atoms with Gasteiger partial charge < -0.3 is 9.94 Å². The van der Waals surface area contributed by atoms with Crippen molar-refractivity contribution in [3.8, 4) is 0 Å². The van der Waals surface area contributed by atoms with Crippen molar-refractivity contribution in [2.45, 2.75) is 25.9 Å². The molecule has 0 fully saturated rings. The fraction of sp³-hybridized carbons (Fsp3) is 0.333. The standard InChI is InChI=1S/C12H13NO3/c1-8-3-5-9(6-4-8)10-7-12(2,11(14)15)16-13-10/h3-6H,7H2,1-2H3,(H,14,15)/t12-/m0/s1. The first-order valence-electron chi connectivity index (χ1n) is 5.07. The van der Waals surface area contributed by atoms with Crippen LogP contribution in [0.5, 0.6) is 0 Å². The Morgan fingerprint density at radius 1 is 1.44 bits per heavy atom. The molecule has 0 amide bonds. The Bertz CT molecular complexity index is 450. The molecule has 0 spiro atoms. The Balaban J connectivity index is 2.20. The topological polar surface area (TPSA) is 58.9 Å². The van der Waals surface area contributed by atoms with Crippen LogP contribution in [0, 0.1) is 6.92 Å². The number of rotatable bonds is 2. The highest BCUT2D eigenvalue weighted by Crippen LogP contribution is 2.26. The number of nitrogens with zero attached hydrogens (tertiary/aromatic N) is 1. The van der Waals surface area contributed by atoms with E-state index in [1.165, 1.54) is 6.92 Å². The van der Waals surface area contributed by atoms with Crippen LogP contribution in [0.4, 0.5) is 0 Å². The minimum Gasteiger partial charge on any atom is -0.478 e. The summed E-state index contributed by atoms with van der Waals surface area (Å²) in [6, 6.07) is 7.78. The van der Waals surface area contributed by atoms with Gasteiger partial charge in [-0.1, -0.05) is 35.0 Å². The Labute approximate surface area is 93.5 Å². The Kier molecular flexibility index (Phi) is 2.42. The van der Waals surface area contributed by atoms with E-state index < -0.39 is 11.6 Å². The maximum absolute atomic E-state index is 11.0. The van der Waals surface area contributed by atoms with Crippen molar-refractivity contribution < 1.29 is 14.7 Å². The van der Waals surface area contributed by atoms with Crippen LogP contribution in [0.25, 0.3) is 0 Å². The summed E-state index contributed by atoms with van der Waals surface area (Å²) in [4.78, 5) is 15.9. The maximum atomic E-state index is 11.0. The van der Waals surface area contributed by atoms with E-state index in [2.05, 4.69) is 5.16 Å². The molecule has 1 atom stereocenters. The molecule has 4 nitrogen and oxygen atoms in total. The quantitative estimate of drug-likeness (QED) is 0.827. The number of hydrogen-bond donors (Lipinski definition) is 1. The summed E-state index contributed by atoms with van der Waals surface area (Å²) in [6.07, 6.45) is 0.297. The number of hydrogen-bond acceptors (Lipinski definition) is 3. The van der Waals surface area contributed by atoms with Crippen molar-refractivity contribution in [3.05, 3.63) is 35.4 Å². The van der Waals surface area contributed by atoms with Crippen LogP contribution in [-0.4, -0.2) is 22.4 Å². The zero-order valence-corrected chi connectivity index (χ0v) is 9.23. The predicted molar refractivity (Wildman–Crippen MR) is 59.5 cm³/mol. The molecule has 0 saturated carbocycles. The molecule has 1 heterocycles. The summed E-state index contributed by atoms with van der Waals surface area (Å²) in [6.45, 7) is 3.53. The number of aliphatic carboxylic acids is 1. The molecule has 2 rings (SSSR count).